The predicted octanol–water partition coefficient (Wildman–Crippen LogP) is 1.38. The molecule has 4 nitrogen and oxygen atoms in total. The summed E-state index contributed by atoms with van der Waals surface area (Å²) >= 11 is 0. The van der Waals surface area contributed by atoms with Gasteiger partial charge < -0.3 is 10.0 Å². The molecule has 1 N–H and O–H groups in total. The van der Waals surface area contributed by atoms with Crippen LogP contribution in [0.5, 0.6) is 0 Å². The molecule has 0 fully saturated rings. The van der Waals surface area contributed by atoms with Crippen LogP contribution in [0.25, 0.3) is 0 Å². The molecule has 0 spiro atoms. The molecule has 0 aromatic rings. The highest BCUT2D eigenvalue weighted by Crippen LogP contribution is 2.14. The standard InChI is InChI=1S/C11H19NO3/c1-5-7-12(6-2)10(13)8(3)9(4)11(14)15/h5,8-9H,1,6-7H2,2-4H3,(H,14,15). The Labute approximate surface area is 90.6 Å². The number of likely N-dealkylation sites (N-methyl/N-ethyl adjacent to an activating group) is 1. The summed E-state index contributed by atoms with van der Waals surface area (Å²) in [5.41, 5.74) is 0. The van der Waals surface area contributed by atoms with Crippen LogP contribution in [-0.2, 0) is 9.59 Å². The lowest BCUT2D eigenvalue weighted by Crippen LogP contribution is -2.39. The number of aliphatic carboxylic acids is 1. The molecule has 0 aliphatic heterocycles. The third kappa shape index (κ3) is 3.73. The van der Waals surface area contributed by atoms with Crippen molar-refractivity contribution in [1.82, 2.24) is 4.90 Å². The van der Waals surface area contributed by atoms with E-state index in [0.717, 1.165) is 0 Å². The summed E-state index contributed by atoms with van der Waals surface area (Å²) in [6.45, 7) is 9.65. The number of carbonyl (C=O) groups excluding carboxylic acids is 1. The highest BCUT2D eigenvalue weighted by Gasteiger charge is 2.28. The van der Waals surface area contributed by atoms with Crippen LogP contribution >= 0.6 is 0 Å². The minimum atomic E-state index is -0.939. The summed E-state index contributed by atoms with van der Waals surface area (Å²) in [7, 11) is 0. The Balaban J connectivity index is 4.53. The van der Waals surface area contributed by atoms with Crippen molar-refractivity contribution in [2.45, 2.75) is 20.8 Å². The highest BCUT2D eigenvalue weighted by molar-refractivity contribution is 5.84. The van der Waals surface area contributed by atoms with E-state index in [1.54, 1.807) is 24.8 Å². The summed E-state index contributed by atoms with van der Waals surface area (Å²) in [5, 5.41) is 8.79. The first kappa shape index (κ1) is 13.7. The maximum Gasteiger partial charge on any atom is 0.307 e. The maximum atomic E-state index is 11.8. The minimum Gasteiger partial charge on any atom is -0.481 e. The quantitative estimate of drug-likeness (QED) is 0.678. The van der Waals surface area contributed by atoms with Crippen LogP contribution in [0.3, 0.4) is 0 Å². The van der Waals surface area contributed by atoms with Gasteiger partial charge in [0.15, 0.2) is 0 Å². The highest BCUT2D eigenvalue weighted by atomic mass is 16.4. The van der Waals surface area contributed by atoms with Crippen molar-refractivity contribution in [1.29, 1.82) is 0 Å². The van der Waals surface area contributed by atoms with Gasteiger partial charge in [-0.3, -0.25) is 9.59 Å². The molecule has 0 saturated carbocycles. The van der Waals surface area contributed by atoms with E-state index in [2.05, 4.69) is 6.58 Å². The number of carbonyl (C=O) groups is 2. The van der Waals surface area contributed by atoms with Crippen LogP contribution in [0.1, 0.15) is 20.8 Å². The third-order valence-electron chi connectivity index (χ3n) is 2.57. The van der Waals surface area contributed by atoms with E-state index in [-0.39, 0.29) is 5.91 Å². The van der Waals surface area contributed by atoms with Gasteiger partial charge in [-0.15, -0.1) is 6.58 Å². The van der Waals surface area contributed by atoms with E-state index >= 15 is 0 Å². The third-order valence-corrected chi connectivity index (χ3v) is 2.57. The van der Waals surface area contributed by atoms with E-state index in [1.807, 2.05) is 6.92 Å². The Morgan fingerprint density at radius 3 is 2.27 bits per heavy atom. The zero-order chi connectivity index (χ0) is 12.0. The van der Waals surface area contributed by atoms with Gasteiger partial charge >= 0.3 is 5.97 Å². The van der Waals surface area contributed by atoms with Crippen molar-refractivity contribution >= 4 is 11.9 Å². The Bertz CT molecular complexity index is 250. The van der Waals surface area contributed by atoms with Crippen molar-refractivity contribution in [3.63, 3.8) is 0 Å². The lowest BCUT2D eigenvalue weighted by molar-refractivity contribution is -0.148. The van der Waals surface area contributed by atoms with Gasteiger partial charge in [0, 0.05) is 19.0 Å². The summed E-state index contributed by atoms with van der Waals surface area (Å²) in [5.74, 6) is -2.23. The molecule has 15 heavy (non-hydrogen) atoms. The lowest BCUT2D eigenvalue weighted by atomic mass is 9.95. The zero-order valence-corrected chi connectivity index (χ0v) is 9.56. The SMILES string of the molecule is C=CCN(CC)C(=O)C(C)C(C)C(=O)O. The smallest absolute Gasteiger partial charge is 0.307 e. The number of amides is 1. The molecule has 0 radical (unpaired) electrons. The minimum absolute atomic E-state index is 0.132. The Kier molecular flexibility index (Phi) is 5.67. The van der Waals surface area contributed by atoms with Gasteiger partial charge in [0.1, 0.15) is 0 Å². The van der Waals surface area contributed by atoms with Gasteiger partial charge in [-0.2, -0.15) is 0 Å². The number of rotatable bonds is 6. The molecule has 4 heteroatoms. The molecule has 0 rings (SSSR count). The number of hydrogen-bond acceptors (Lipinski definition) is 2. The first-order valence-corrected chi connectivity index (χ1v) is 5.08. The first-order valence-electron chi connectivity index (χ1n) is 5.08. The van der Waals surface area contributed by atoms with Crippen molar-refractivity contribution in [3.05, 3.63) is 12.7 Å². The normalized spacial score (nSPS) is 14.1. The van der Waals surface area contributed by atoms with Gasteiger partial charge in [0.2, 0.25) is 5.91 Å². The molecule has 0 saturated heterocycles. The monoisotopic (exact) mass is 213 g/mol. The zero-order valence-electron chi connectivity index (χ0n) is 9.56. The van der Waals surface area contributed by atoms with E-state index in [1.165, 1.54) is 0 Å². The van der Waals surface area contributed by atoms with E-state index in [4.69, 9.17) is 5.11 Å². The molecule has 0 bridgehead atoms. The molecule has 1 amide bonds. The van der Waals surface area contributed by atoms with Crippen molar-refractivity contribution in [3.8, 4) is 0 Å². The van der Waals surface area contributed by atoms with Gasteiger partial charge in [-0.25, -0.2) is 0 Å². The molecule has 0 aliphatic rings. The summed E-state index contributed by atoms with van der Waals surface area (Å²) in [6, 6.07) is 0. The fraction of sp³-hybridized carbons (Fsp3) is 0.636. The summed E-state index contributed by atoms with van der Waals surface area (Å²) in [4.78, 5) is 24.1. The lowest BCUT2D eigenvalue weighted by Gasteiger charge is -2.24. The molecule has 2 atom stereocenters. The first-order chi connectivity index (χ1) is 6.95. The molecule has 86 valence electrons. The topological polar surface area (TPSA) is 57.6 Å². The van der Waals surface area contributed by atoms with Gasteiger partial charge in [0.05, 0.1) is 5.92 Å². The molecule has 0 aromatic heterocycles. The average molecular weight is 213 g/mol. The number of hydrogen-bond donors (Lipinski definition) is 1. The van der Waals surface area contributed by atoms with Crippen LogP contribution in [-0.4, -0.2) is 35.0 Å². The Morgan fingerprint density at radius 1 is 1.40 bits per heavy atom. The number of nitrogens with zero attached hydrogens (tertiary/aromatic N) is 1. The van der Waals surface area contributed by atoms with Crippen molar-refractivity contribution in [2.24, 2.45) is 11.8 Å². The predicted molar refractivity (Wildman–Crippen MR) is 58.4 cm³/mol. The fourth-order valence-corrected chi connectivity index (χ4v) is 1.25. The number of carboxylic acid groups (broad SMARTS) is 1. The Hall–Kier alpha value is -1.32. The maximum absolute atomic E-state index is 11.8. The van der Waals surface area contributed by atoms with Crippen LogP contribution in [0.2, 0.25) is 0 Å². The van der Waals surface area contributed by atoms with Crippen LogP contribution in [0.15, 0.2) is 12.7 Å². The van der Waals surface area contributed by atoms with E-state index in [0.29, 0.717) is 13.1 Å². The van der Waals surface area contributed by atoms with Crippen molar-refractivity contribution in [2.75, 3.05) is 13.1 Å². The number of carboxylic acids is 1. The van der Waals surface area contributed by atoms with Gasteiger partial charge in [-0.1, -0.05) is 19.9 Å². The van der Waals surface area contributed by atoms with Crippen LogP contribution < -0.4 is 0 Å². The fourth-order valence-electron chi connectivity index (χ4n) is 1.25. The second-order valence-electron chi connectivity index (χ2n) is 3.58. The molecule has 0 aliphatic carbocycles. The molecule has 0 heterocycles. The molecular weight excluding hydrogens is 194 g/mol. The van der Waals surface area contributed by atoms with Crippen LogP contribution in [0.4, 0.5) is 0 Å². The summed E-state index contributed by atoms with van der Waals surface area (Å²) in [6.07, 6.45) is 1.64. The van der Waals surface area contributed by atoms with Gasteiger partial charge in [-0.05, 0) is 6.92 Å². The molecule has 0 aromatic carbocycles. The second-order valence-corrected chi connectivity index (χ2v) is 3.58. The van der Waals surface area contributed by atoms with E-state index < -0.39 is 17.8 Å². The molecule has 2 unspecified atom stereocenters. The van der Waals surface area contributed by atoms with Gasteiger partial charge in [0.25, 0.3) is 0 Å². The average Bonchev–Trinajstić information content (AvgIpc) is 2.22. The van der Waals surface area contributed by atoms with E-state index in [9.17, 15) is 9.59 Å². The summed E-state index contributed by atoms with van der Waals surface area (Å²) < 4.78 is 0. The van der Waals surface area contributed by atoms with Crippen LogP contribution in [0, 0.1) is 11.8 Å². The molecular formula is C11H19NO3. The largest absolute Gasteiger partial charge is 0.481 e. The Morgan fingerprint density at radius 2 is 1.93 bits per heavy atom. The van der Waals surface area contributed by atoms with Crippen molar-refractivity contribution < 1.29 is 14.7 Å². The second kappa shape index (κ2) is 6.22.